The van der Waals surface area contributed by atoms with E-state index in [1.807, 2.05) is 55.2 Å². The number of aromatic nitrogens is 3. The third-order valence-electron chi connectivity index (χ3n) is 4.68. The molecule has 0 aliphatic carbocycles. The Morgan fingerprint density at radius 3 is 2.43 bits per heavy atom. The second kappa shape index (κ2) is 8.28. The van der Waals surface area contributed by atoms with Crippen molar-refractivity contribution in [2.24, 2.45) is 0 Å². The molecule has 0 spiro atoms. The van der Waals surface area contributed by atoms with Crippen LogP contribution in [0.1, 0.15) is 22.6 Å². The Kier molecular flexibility index (Phi) is 5.38. The Hall–Kier alpha value is -3.81. The highest BCUT2D eigenvalue weighted by Gasteiger charge is 2.11. The number of aryl methyl sites for hydroxylation is 2. The summed E-state index contributed by atoms with van der Waals surface area (Å²) < 4.78 is 17.3. The molecule has 2 aromatic carbocycles. The number of ether oxygens (including phenoxy) is 1. The van der Waals surface area contributed by atoms with Crippen LogP contribution in [0.4, 0.5) is 0 Å². The monoisotopic (exact) mass is 407 g/mol. The number of aromatic amines is 1. The Bertz CT molecular complexity index is 1240. The minimum atomic E-state index is -0.770. The lowest BCUT2D eigenvalue weighted by atomic mass is 10.1. The van der Waals surface area contributed by atoms with Crippen molar-refractivity contribution in [1.29, 1.82) is 0 Å². The average molecular weight is 407 g/mol. The molecule has 30 heavy (non-hydrogen) atoms. The molecule has 8 nitrogen and oxygen atoms in total. The van der Waals surface area contributed by atoms with Gasteiger partial charge in [0.2, 0.25) is 5.89 Å². The number of nitrogens with zero attached hydrogens (tertiary/aromatic N) is 2. The highest BCUT2D eigenvalue weighted by molar-refractivity contribution is 5.54. The maximum atomic E-state index is 11.5. The first kappa shape index (κ1) is 19.5. The van der Waals surface area contributed by atoms with E-state index in [9.17, 15) is 9.59 Å². The molecule has 0 radical (unpaired) electrons. The smallest absolute Gasteiger partial charge is 0.440 e. The largest absolute Gasteiger partial charge is 0.493 e. The number of oxazole rings is 1. The number of hydrogen-bond donors (Lipinski definition) is 1. The maximum absolute atomic E-state index is 11.5. The zero-order valence-corrected chi connectivity index (χ0v) is 16.7. The zero-order chi connectivity index (χ0) is 21.1. The van der Waals surface area contributed by atoms with Crippen LogP contribution in [0.15, 0.2) is 67.1 Å². The second-order valence-electron chi connectivity index (χ2n) is 6.98. The molecule has 1 N–H and O–H groups in total. The van der Waals surface area contributed by atoms with Gasteiger partial charge in [-0.05, 0) is 43.7 Å². The van der Waals surface area contributed by atoms with Crippen molar-refractivity contribution in [2.45, 2.75) is 26.8 Å². The lowest BCUT2D eigenvalue weighted by Gasteiger charge is -2.06. The van der Waals surface area contributed by atoms with E-state index in [2.05, 4.69) is 4.98 Å². The molecule has 0 atom stereocenters. The number of nitrogens with one attached hydrogen (secondary N) is 1. The molecule has 4 rings (SSSR count). The molecule has 0 amide bonds. The third-order valence-corrected chi connectivity index (χ3v) is 4.68. The van der Waals surface area contributed by atoms with Crippen molar-refractivity contribution in [2.75, 3.05) is 6.61 Å². The lowest BCUT2D eigenvalue weighted by molar-refractivity contribution is 0.258. The summed E-state index contributed by atoms with van der Waals surface area (Å²) in [5.41, 5.74) is 3.23. The van der Waals surface area contributed by atoms with E-state index in [4.69, 9.17) is 13.7 Å². The van der Waals surface area contributed by atoms with Gasteiger partial charge in [0.05, 0.1) is 18.8 Å². The summed E-state index contributed by atoms with van der Waals surface area (Å²) in [5.74, 6) is 1.32. The van der Waals surface area contributed by atoms with Crippen molar-refractivity contribution < 1.29 is 13.7 Å². The summed E-state index contributed by atoms with van der Waals surface area (Å²) in [7, 11) is 0. The predicted molar refractivity (Wildman–Crippen MR) is 110 cm³/mol. The van der Waals surface area contributed by atoms with E-state index in [0.29, 0.717) is 24.7 Å². The first-order valence-corrected chi connectivity index (χ1v) is 9.53. The van der Waals surface area contributed by atoms with Gasteiger partial charge in [-0.1, -0.05) is 29.8 Å². The molecule has 0 fully saturated rings. The zero-order valence-electron chi connectivity index (χ0n) is 16.7. The van der Waals surface area contributed by atoms with Gasteiger partial charge in [0.1, 0.15) is 11.5 Å². The molecule has 154 valence electrons. The minimum Gasteiger partial charge on any atom is -0.493 e. The number of H-pyrrole nitrogens is 1. The highest BCUT2D eigenvalue weighted by Crippen LogP contribution is 2.22. The van der Waals surface area contributed by atoms with Crippen LogP contribution in [0.3, 0.4) is 0 Å². The van der Waals surface area contributed by atoms with Crippen LogP contribution < -0.4 is 16.2 Å². The molecule has 0 saturated carbocycles. The first-order valence-electron chi connectivity index (χ1n) is 9.53. The Labute approximate surface area is 171 Å². The van der Waals surface area contributed by atoms with E-state index in [0.717, 1.165) is 27.3 Å². The fourth-order valence-corrected chi connectivity index (χ4v) is 3.02. The van der Waals surface area contributed by atoms with Gasteiger partial charge >= 0.3 is 11.4 Å². The van der Waals surface area contributed by atoms with Crippen LogP contribution in [-0.2, 0) is 13.0 Å². The summed E-state index contributed by atoms with van der Waals surface area (Å²) in [5, 5.41) is 0. The first-order chi connectivity index (χ1) is 14.5. The number of hydrogen-bond acceptors (Lipinski definition) is 6. The predicted octanol–water partition coefficient (Wildman–Crippen LogP) is 3.07. The van der Waals surface area contributed by atoms with E-state index >= 15 is 0 Å². The SMILES string of the molecule is Cc1ccc(-c2nc(CCOc3ccc(Cn4oc(=O)[nH]c4=O)cc3)c(C)o2)cc1. The molecular weight excluding hydrogens is 386 g/mol. The van der Waals surface area contributed by atoms with Gasteiger partial charge in [-0.15, -0.1) is 4.74 Å². The van der Waals surface area contributed by atoms with E-state index < -0.39 is 11.4 Å². The van der Waals surface area contributed by atoms with Gasteiger partial charge < -0.3 is 13.7 Å². The van der Waals surface area contributed by atoms with Gasteiger partial charge in [0.15, 0.2) is 0 Å². The normalized spacial score (nSPS) is 11.0. The van der Waals surface area contributed by atoms with E-state index in [-0.39, 0.29) is 6.54 Å². The number of benzene rings is 2. The fourth-order valence-electron chi connectivity index (χ4n) is 3.02. The Balaban J connectivity index is 1.34. The highest BCUT2D eigenvalue weighted by atomic mass is 16.5. The van der Waals surface area contributed by atoms with Crippen molar-refractivity contribution in [1.82, 2.24) is 14.7 Å². The lowest BCUT2D eigenvalue weighted by Crippen LogP contribution is -2.17. The quantitative estimate of drug-likeness (QED) is 0.505. The van der Waals surface area contributed by atoms with Crippen molar-refractivity contribution >= 4 is 0 Å². The van der Waals surface area contributed by atoms with Crippen LogP contribution in [-0.4, -0.2) is 21.3 Å². The van der Waals surface area contributed by atoms with Gasteiger partial charge in [0.25, 0.3) is 0 Å². The van der Waals surface area contributed by atoms with Crippen LogP contribution in [0.25, 0.3) is 11.5 Å². The van der Waals surface area contributed by atoms with Crippen molar-refractivity contribution in [3.05, 3.63) is 92.1 Å². The number of rotatable bonds is 7. The molecule has 4 aromatic rings. The average Bonchev–Trinajstić information content (AvgIpc) is 3.25. The molecule has 8 heteroatoms. The summed E-state index contributed by atoms with van der Waals surface area (Å²) in [4.78, 5) is 29.2. The molecule has 2 aromatic heterocycles. The van der Waals surface area contributed by atoms with Crippen molar-refractivity contribution in [3.63, 3.8) is 0 Å². The Morgan fingerprint density at radius 2 is 1.77 bits per heavy atom. The van der Waals surface area contributed by atoms with Crippen LogP contribution in [0.5, 0.6) is 5.75 Å². The maximum Gasteiger partial charge on any atom is 0.440 e. The van der Waals surface area contributed by atoms with Crippen LogP contribution >= 0.6 is 0 Å². The second-order valence-corrected chi connectivity index (χ2v) is 6.98. The topological polar surface area (TPSA) is 103 Å². The summed E-state index contributed by atoms with van der Waals surface area (Å²) >= 11 is 0. The molecule has 0 saturated heterocycles. The standard InChI is InChI=1S/C22H21N3O5/c1-14-3-7-17(8-4-14)20-23-19(15(2)29-20)11-12-28-18-9-5-16(6-10-18)13-25-21(26)24-22(27)30-25/h3-10H,11-13H2,1-2H3,(H,24,26,27). The van der Waals surface area contributed by atoms with Gasteiger partial charge in [-0.25, -0.2) is 19.6 Å². The molecule has 0 bridgehead atoms. The third kappa shape index (κ3) is 4.43. The Morgan fingerprint density at radius 1 is 1.03 bits per heavy atom. The van der Waals surface area contributed by atoms with Gasteiger partial charge in [-0.2, -0.15) is 0 Å². The molecule has 0 aliphatic heterocycles. The minimum absolute atomic E-state index is 0.164. The van der Waals surface area contributed by atoms with Crippen LogP contribution in [0, 0.1) is 13.8 Å². The van der Waals surface area contributed by atoms with Gasteiger partial charge in [0, 0.05) is 12.0 Å². The summed E-state index contributed by atoms with van der Waals surface area (Å²) in [6.45, 7) is 4.55. The van der Waals surface area contributed by atoms with E-state index in [1.165, 1.54) is 5.56 Å². The van der Waals surface area contributed by atoms with E-state index in [1.54, 1.807) is 12.1 Å². The molecular formula is C22H21N3O5. The fraction of sp³-hybridized carbons (Fsp3) is 0.227. The van der Waals surface area contributed by atoms with Crippen molar-refractivity contribution in [3.8, 4) is 17.2 Å². The molecule has 0 unspecified atom stereocenters. The van der Waals surface area contributed by atoms with Crippen LogP contribution in [0.2, 0.25) is 0 Å². The summed E-state index contributed by atoms with van der Waals surface area (Å²) in [6, 6.07) is 15.3. The summed E-state index contributed by atoms with van der Waals surface area (Å²) in [6.07, 6.45) is 0.618. The molecule has 2 heterocycles. The van der Waals surface area contributed by atoms with Gasteiger partial charge in [-0.3, -0.25) is 0 Å². The molecule has 0 aliphatic rings.